The van der Waals surface area contributed by atoms with Crippen LogP contribution in [-0.2, 0) is 14.9 Å². The number of non-ortho nitro benzene ring substituents is 1. The summed E-state index contributed by atoms with van der Waals surface area (Å²) >= 11 is 0. The molecule has 0 saturated carbocycles. The Morgan fingerprint density at radius 2 is 1.83 bits per heavy atom. The molecule has 5 nitrogen and oxygen atoms in total. The van der Waals surface area contributed by atoms with E-state index in [4.69, 9.17) is 9.47 Å². The summed E-state index contributed by atoms with van der Waals surface area (Å²) in [6.45, 7) is 5.75. The van der Waals surface area contributed by atoms with Crippen LogP contribution in [0.5, 0.6) is 0 Å². The highest BCUT2D eigenvalue weighted by Crippen LogP contribution is 2.25. The first kappa shape index (κ1) is 14.6. The Labute approximate surface area is 107 Å². The third-order valence-corrected chi connectivity index (χ3v) is 2.75. The highest BCUT2D eigenvalue weighted by Gasteiger charge is 2.21. The number of nitrogens with zero attached hydrogens (tertiary/aromatic N) is 1. The summed E-state index contributed by atoms with van der Waals surface area (Å²) in [5.41, 5.74) is 0.948. The van der Waals surface area contributed by atoms with Gasteiger partial charge in [-0.3, -0.25) is 10.1 Å². The molecule has 0 amide bonds. The maximum Gasteiger partial charge on any atom is 0.269 e. The van der Waals surface area contributed by atoms with Crippen molar-refractivity contribution in [2.75, 3.05) is 26.9 Å². The Morgan fingerprint density at radius 3 is 2.33 bits per heavy atom. The van der Waals surface area contributed by atoms with Crippen molar-refractivity contribution < 1.29 is 14.4 Å². The Hall–Kier alpha value is -1.46. The van der Waals surface area contributed by atoms with Crippen LogP contribution in [0.1, 0.15) is 19.4 Å². The van der Waals surface area contributed by atoms with Gasteiger partial charge in [-0.05, 0) is 5.56 Å². The first-order chi connectivity index (χ1) is 8.47. The van der Waals surface area contributed by atoms with E-state index in [2.05, 4.69) is 0 Å². The van der Waals surface area contributed by atoms with Gasteiger partial charge in [0.15, 0.2) is 0 Å². The van der Waals surface area contributed by atoms with Gasteiger partial charge in [0.1, 0.15) is 0 Å². The molecular formula is C13H19NO4. The molecule has 18 heavy (non-hydrogen) atoms. The minimum Gasteiger partial charge on any atom is -0.382 e. The van der Waals surface area contributed by atoms with Crippen LogP contribution in [0.15, 0.2) is 24.3 Å². The monoisotopic (exact) mass is 253 g/mol. The molecule has 0 heterocycles. The number of nitro benzene ring substituents is 1. The molecule has 0 saturated heterocycles. The van der Waals surface area contributed by atoms with Crippen molar-refractivity contribution in [1.29, 1.82) is 0 Å². The van der Waals surface area contributed by atoms with E-state index in [0.29, 0.717) is 19.8 Å². The molecule has 1 aromatic rings. The Morgan fingerprint density at radius 1 is 1.22 bits per heavy atom. The molecule has 0 N–H and O–H groups in total. The summed E-state index contributed by atoms with van der Waals surface area (Å²) in [5.74, 6) is 0. The van der Waals surface area contributed by atoms with Crippen LogP contribution in [0.3, 0.4) is 0 Å². The van der Waals surface area contributed by atoms with Crippen LogP contribution in [0, 0.1) is 10.1 Å². The number of nitro groups is 1. The van der Waals surface area contributed by atoms with Crippen molar-refractivity contribution in [2.45, 2.75) is 19.3 Å². The zero-order chi connectivity index (χ0) is 13.6. The molecular weight excluding hydrogens is 234 g/mol. The number of ether oxygens (including phenoxy) is 2. The van der Waals surface area contributed by atoms with Crippen molar-refractivity contribution in [2.24, 2.45) is 0 Å². The van der Waals surface area contributed by atoms with Crippen molar-refractivity contribution in [3.63, 3.8) is 0 Å². The minimum atomic E-state index is -0.397. The van der Waals surface area contributed by atoms with Gasteiger partial charge in [-0.15, -0.1) is 0 Å². The van der Waals surface area contributed by atoms with Gasteiger partial charge in [-0.2, -0.15) is 0 Å². The van der Waals surface area contributed by atoms with Crippen LogP contribution in [-0.4, -0.2) is 31.9 Å². The molecule has 0 bridgehead atoms. The SMILES string of the molecule is COCCOCC(C)(C)c1ccc([N+](=O)[O-])cc1. The van der Waals surface area contributed by atoms with E-state index in [1.807, 2.05) is 13.8 Å². The summed E-state index contributed by atoms with van der Waals surface area (Å²) in [7, 11) is 1.63. The lowest BCUT2D eigenvalue weighted by molar-refractivity contribution is -0.384. The lowest BCUT2D eigenvalue weighted by atomic mass is 9.85. The number of hydrogen-bond acceptors (Lipinski definition) is 4. The van der Waals surface area contributed by atoms with E-state index >= 15 is 0 Å². The number of benzene rings is 1. The summed E-state index contributed by atoms with van der Waals surface area (Å²) in [4.78, 5) is 10.2. The molecule has 0 aliphatic carbocycles. The Kier molecular flexibility index (Phi) is 5.25. The molecule has 1 aromatic carbocycles. The normalized spacial score (nSPS) is 11.5. The van der Waals surface area contributed by atoms with Crippen LogP contribution < -0.4 is 0 Å². The zero-order valence-corrected chi connectivity index (χ0v) is 11.0. The van der Waals surface area contributed by atoms with E-state index < -0.39 is 4.92 Å². The van der Waals surface area contributed by atoms with Crippen molar-refractivity contribution >= 4 is 5.69 Å². The fourth-order valence-electron chi connectivity index (χ4n) is 1.59. The average molecular weight is 253 g/mol. The van der Waals surface area contributed by atoms with Gasteiger partial charge in [0.2, 0.25) is 0 Å². The largest absolute Gasteiger partial charge is 0.382 e. The van der Waals surface area contributed by atoms with Crippen LogP contribution in [0.4, 0.5) is 5.69 Å². The second-order valence-electron chi connectivity index (χ2n) is 4.73. The molecule has 0 aliphatic rings. The fraction of sp³-hybridized carbons (Fsp3) is 0.538. The lowest BCUT2D eigenvalue weighted by Crippen LogP contribution is -2.25. The van der Waals surface area contributed by atoms with E-state index in [1.54, 1.807) is 19.2 Å². The summed E-state index contributed by atoms with van der Waals surface area (Å²) in [5, 5.41) is 10.6. The molecule has 100 valence electrons. The quantitative estimate of drug-likeness (QED) is 0.425. The highest BCUT2D eigenvalue weighted by molar-refractivity contribution is 5.35. The molecule has 0 unspecified atom stereocenters. The number of rotatable bonds is 7. The summed E-state index contributed by atoms with van der Waals surface area (Å²) in [6.07, 6.45) is 0. The maximum atomic E-state index is 10.6. The van der Waals surface area contributed by atoms with E-state index in [0.717, 1.165) is 5.56 Å². The smallest absolute Gasteiger partial charge is 0.269 e. The van der Waals surface area contributed by atoms with Gasteiger partial charge in [0.05, 0.1) is 24.7 Å². The van der Waals surface area contributed by atoms with E-state index in [9.17, 15) is 10.1 Å². The molecule has 0 aromatic heterocycles. The topological polar surface area (TPSA) is 61.6 Å². The van der Waals surface area contributed by atoms with Gasteiger partial charge >= 0.3 is 0 Å². The van der Waals surface area contributed by atoms with Gasteiger partial charge in [-0.25, -0.2) is 0 Å². The van der Waals surface area contributed by atoms with Gasteiger partial charge in [0, 0.05) is 24.7 Å². The molecule has 5 heteroatoms. The molecule has 0 spiro atoms. The third kappa shape index (κ3) is 4.09. The molecule has 0 fully saturated rings. The van der Waals surface area contributed by atoms with Gasteiger partial charge in [-0.1, -0.05) is 26.0 Å². The second kappa shape index (κ2) is 6.47. The highest BCUT2D eigenvalue weighted by atomic mass is 16.6. The summed E-state index contributed by atoms with van der Waals surface area (Å²) in [6, 6.07) is 6.59. The molecule has 0 radical (unpaired) electrons. The summed E-state index contributed by atoms with van der Waals surface area (Å²) < 4.78 is 10.4. The van der Waals surface area contributed by atoms with E-state index in [1.165, 1.54) is 12.1 Å². The molecule has 0 aliphatic heterocycles. The number of hydrogen-bond donors (Lipinski definition) is 0. The first-order valence-electron chi connectivity index (χ1n) is 5.79. The Bertz CT molecular complexity index is 386. The zero-order valence-electron chi connectivity index (χ0n) is 11.0. The van der Waals surface area contributed by atoms with Crippen molar-refractivity contribution in [1.82, 2.24) is 0 Å². The predicted octanol–water partition coefficient (Wildman–Crippen LogP) is 2.54. The standard InChI is InChI=1S/C13H19NO4/c1-13(2,10-18-9-8-17-3)11-4-6-12(7-5-11)14(15)16/h4-7H,8-10H2,1-3H3. The van der Waals surface area contributed by atoms with Crippen molar-refractivity contribution in [3.05, 3.63) is 39.9 Å². The predicted molar refractivity (Wildman–Crippen MR) is 68.8 cm³/mol. The van der Waals surface area contributed by atoms with Crippen LogP contribution >= 0.6 is 0 Å². The molecule has 1 rings (SSSR count). The van der Waals surface area contributed by atoms with E-state index in [-0.39, 0.29) is 11.1 Å². The number of methoxy groups -OCH3 is 1. The Balaban J connectivity index is 2.63. The van der Waals surface area contributed by atoms with Crippen molar-refractivity contribution in [3.8, 4) is 0 Å². The first-order valence-corrected chi connectivity index (χ1v) is 5.79. The maximum absolute atomic E-state index is 10.6. The van der Waals surface area contributed by atoms with Gasteiger partial charge in [0.25, 0.3) is 5.69 Å². The second-order valence-corrected chi connectivity index (χ2v) is 4.73. The average Bonchev–Trinajstić information content (AvgIpc) is 2.35. The van der Waals surface area contributed by atoms with Crippen LogP contribution in [0.25, 0.3) is 0 Å². The van der Waals surface area contributed by atoms with Gasteiger partial charge < -0.3 is 9.47 Å². The fourth-order valence-corrected chi connectivity index (χ4v) is 1.59. The van der Waals surface area contributed by atoms with Crippen LogP contribution in [0.2, 0.25) is 0 Å². The molecule has 0 atom stereocenters. The lowest BCUT2D eigenvalue weighted by Gasteiger charge is -2.24. The minimum absolute atomic E-state index is 0.106. The third-order valence-electron chi connectivity index (χ3n) is 2.75.